The molecule has 55 heavy (non-hydrogen) atoms. The van der Waals surface area contributed by atoms with E-state index in [4.69, 9.17) is 4.74 Å². The lowest BCUT2D eigenvalue weighted by molar-refractivity contribution is -0.372. The van der Waals surface area contributed by atoms with Crippen molar-refractivity contribution in [3.05, 3.63) is 90.5 Å². The average molecular weight is 787 g/mol. The van der Waals surface area contributed by atoms with Gasteiger partial charge in [0, 0.05) is 70.8 Å². The molecule has 288 valence electrons. The van der Waals surface area contributed by atoms with Crippen molar-refractivity contribution in [3.63, 3.8) is 0 Å². The molecule has 7 rings (SSSR count). The number of pyridine rings is 3. The van der Waals surface area contributed by atoms with Crippen LogP contribution in [0.3, 0.4) is 0 Å². The Bertz CT molecular complexity index is 2490. The van der Waals surface area contributed by atoms with Gasteiger partial charge < -0.3 is 20.1 Å². The molecule has 12 nitrogen and oxygen atoms in total. The third kappa shape index (κ3) is 7.21. The van der Waals surface area contributed by atoms with Crippen LogP contribution >= 0.6 is 0 Å². The summed E-state index contributed by atoms with van der Waals surface area (Å²) >= 11 is 0. The third-order valence-electron chi connectivity index (χ3n) is 9.42. The number of anilines is 4. The molecule has 0 spiro atoms. The fourth-order valence-electron chi connectivity index (χ4n) is 6.36. The van der Waals surface area contributed by atoms with E-state index in [1.54, 1.807) is 49.6 Å². The van der Waals surface area contributed by atoms with Gasteiger partial charge >= 0.3 is 12.4 Å². The summed E-state index contributed by atoms with van der Waals surface area (Å²) in [7, 11) is -3.99. The fraction of sp³-hybridized carbons (Fsp3) is 0.278. The smallest absolute Gasteiger partial charge is 0.378 e. The van der Waals surface area contributed by atoms with Gasteiger partial charge in [0.05, 0.1) is 42.1 Å². The van der Waals surface area contributed by atoms with Crippen LogP contribution in [-0.2, 0) is 21.3 Å². The summed E-state index contributed by atoms with van der Waals surface area (Å²) in [5, 5.41) is 18.2. The highest BCUT2D eigenvalue weighted by molar-refractivity contribution is 7.92. The largest absolute Gasteiger partial charge is 0.428 e. The molecule has 5 heterocycles. The molecule has 4 aromatic heterocycles. The van der Waals surface area contributed by atoms with Crippen molar-refractivity contribution < 1.29 is 44.6 Å². The van der Waals surface area contributed by atoms with E-state index < -0.39 is 34.5 Å². The molecule has 1 aliphatic rings. The summed E-state index contributed by atoms with van der Waals surface area (Å²) in [6, 6.07) is 14.0. The first-order valence-corrected chi connectivity index (χ1v) is 18.2. The SMILES string of the molecule is Cc1cnc(NS(=O)(=O)c2ccc(Nc3cc4c(-c5ccc6c(cnn6CC(O)(C(F)(F)F)C(F)(F)F)c5C)nccc4cn3)cc2)cc1N1CCOCC1. The topological polar surface area (TPSA) is 147 Å². The van der Waals surface area contributed by atoms with Crippen LogP contribution in [0.4, 0.5) is 49.4 Å². The first-order chi connectivity index (χ1) is 25.9. The fourth-order valence-corrected chi connectivity index (χ4v) is 7.35. The lowest BCUT2D eigenvalue weighted by Crippen LogP contribution is -2.59. The molecule has 1 saturated heterocycles. The van der Waals surface area contributed by atoms with E-state index in [0.717, 1.165) is 17.4 Å². The Morgan fingerprint density at radius 1 is 0.836 bits per heavy atom. The third-order valence-corrected chi connectivity index (χ3v) is 10.8. The Morgan fingerprint density at radius 2 is 1.53 bits per heavy atom. The van der Waals surface area contributed by atoms with E-state index in [2.05, 4.69) is 35.0 Å². The number of nitrogens with one attached hydrogen (secondary N) is 2. The maximum Gasteiger partial charge on any atom is 0.428 e. The number of alkyl halides is 6. The van der Waals surface area contributed by atoms with E-state index in [-0.39, 0.29) is 21.6 Å². The Hall–Kier alpha value is -5.53. The Labute approximate surface area is 309 Å². The van der Waals surface area contributed by atoms with Crippen LogP contribution < -0.4 is 14.9 Å². The van der Waals surface area contributed by atoms with Gasteiger partial charge in [-0.25, -0.2) is 18.4 Å². The number of hydrogen-bond donors (Lipinski definition) is 3. The van der Waals surface area contributed by atoms with Crippen molar-refractivity contribution >= 4 is 54.7 Å². The minimum Gasteiger partial charge on any atom is -0.378 e. The number of morpholine rings is 1. The van der Waals surface area contributed by atoms with Crippen molar-refractivity contribution in [2.45, 2.75) is 43.2 Å². The average Bonchev–Trinajstić information content (AvgIpc) is 3.55. The first kappa shape index (κ1) is 37.8. The summed E-state index contributed by atoms with van der Waals surface area (Å²) in [5.74, 6) is 0.553. The molecule has 0 bridgehead atoms. The maximum atomic E-state index is 13.4. The van der Waals surface area contributed by atoms with E-state index in [0.29, 0.717) is 70.1 Å². The van der Waals surface area contributed by atoms with Crippen LogP contribution in [-0.4, -0.2) is 82.5 Å². The second kappa shape index (κ2) is 14.0. The number of sulfonamides is 1. The summed E-state index contributed by atoms with van der Waals surface area (Å²) in [6.45, 7) is 4.15. The molecule has 0 amide bonds. The molecule has 6 aromatic rings. The van der Waals surface area contributed by atoms with Crippen LogP contribution in [0.15, 0.2) is 84.3 Å². The minimum absolute atomic E-state index is 0.00184. The van der Waals surface area contributed by atoms with Gasteiger partial charge in [0.1, 0.15) is 11.6 Å². The number of nitrogens with zero attached hydrogens (tertiary/aromatic N) is 6. The highest BCUT2D eigenvalue weighted by Gasteiger charge is 2.70. The molecular weight excluding hydrogens is 755 g/mol. The van der Waals surface area contributed by atoms with Gasteiger partial charge in [-0.3, -0.25) is 14.4 Å². The Kier molecular flexibility index (Phi) is 9.58. The van der Waals surface area contributed by atoms with Crippen LogP contribution in [0.25, 0.3) is 32.9 Å². The number of aliphatic hydroxyl groups is 1. The van der Waals surface area contributed by atoms with Crippen LogP contribution in [0.2, 0.25) is 0 Å². The van der Waals surface area contributed by atoms with E-state index in [1.807, 2.05) is 6.92 Å². The monoisotopic (exact) mass is 786 g/mol. The second-order valence-electron chi connectivity index (χ2n) is 13.0. The molecule has 0 radical (unpaired) electrons. The Balaban J connectivity index is 1.12. The molecule has 19 heteroatoms. The lowest BCUT2D eigenvalue weighted by Gasteiger charge is -2.32. The van der Waals surface area contributed by atoms with Crippen LogP contribution in [0.5, 0.6) is 0 Å². The number of halogens is 6. The van der Waals surface area contributed by atoms with Gasteiger partial charge in [-0.15, -0.1) is 0 Å². The summed E-state index contributed by atoms with van der Waals surface area (Å²) in [6.07, 6.45) is -6.13. The normalized spacial score (nSPS) is 14.5. The van der Waals surface area contributed by atoms with Gasteiger partial charge in [-0.05, 0) is 67.4 Å². The molecule has 2 aromatic carbocycles. The number of ether oxygens (including phenoxy) is 1. The standard InChI is InChI=1S/C36H32F6N8O4S/c1-21-17-44-32(16-30(21)49-11-13-54-14-12-49)48-55(52,53)25-5-3-24(4-6-25)47-31-15-27-23(18-45-31)9-10-43-33(27)26-7-8-29-28(22(26)2)19-46-50(29)20-34(51,35(37,38)39)36(40,41)42/h3-10,15-19,51H,11-14,20H2,1-2H3,(H,44,48)(H,45,47). The number of aryl methyl sites for hydroxylation is 2. The van der Waals surface area contributed by atoms with E-state index >= 15 is 0 Å². The van der Waals surface area contributed by atoms with E-state index in [9.17, 15) is 39.9 Å². The van der Waals surface area contributed by atoms with Gasteiger partial charge in [-0.1, -0.05) is 6.07 Å². The molecule has 0 saturated carbocycles. The first-order valence-electron chi connectivity index (χ1n) is 16.7. The number of benzene rings is 2. The predicted octanol–water partition coefficient (Wildman–Crippen LogP) is 6.90. The van der Waals surface area contributed by atoms with Crippen molar-refractivity contribution in [1.29, 1.82) is 0 Å². The van der Waals surface area contributed by atoms with Gasteiger partial charge in [0.15, 0.2) is 0 Å². The highest BCUT2D eigenvalue weighted by Crippen LogP contribution is 2.45. The number of fused-ring (bicyclic) bond motifs is 2. The van der Waals surface area contributed by atoms with Gasteiger partial charge in [-0.2, -0.15) is 31.4 Å². The molecule has 0 atom stereocenters. The predicted molar refractivity (Wildman–Crippen MR) is 193 cm³/mol. The van der Waals surface area contributed by atoms with Gasteiger partial charge in [0.25, 0.3) is 15.6 Å². The molecule has 1 fully saturated rings. The van der Waals surface area contributed by atoms with Gasteiger partial charge in [0.2, 0.25) is 0 Å². The molecule has 3 N–H and O–H groups in total. The number of aromatic nitrogens is 5. The Morgan fingerprint density at radius 3 is 2.22 bits per heavy atom. The quantitative estimate of drug-likeness (QED) is 0.132. The van der Waals surface area contributed by atoms with E-state index in [1.165, 1.54) is 30.5 Å². The summed E-state index contributed by atoms with van der Waals surface area (Å²) < 4.78 is 116. The zero-order valence-corrected chi connectivity index (χ0v) is 29.9. The summed E-state index contributed by atoms with van der Waals surface area (Å²) in [4.78, 5) is 15.4. The van der Waals surface area contributed by atoms with Crippen LogP contribution in [0, 0.1) is 13.8 Å². The van der Waals surface area contributed by atoms with Crippen molar-refractivity contribution in [1.82, 2.24) is 24.7 Å². The minimum atomic E-state index is -6.00. The molecular formula is C36H32F6N8O4S. The lowest BCUT2D eigenvalue weighted by atomic mass is 9.98. The number of rotatable bonds is 9. The molecule has 1 aliphatic heterocycles. The highest BCUT2D eigenvalue weighted by atomic mass is 32.2. The molecule has 0 aliphatic carbocycles. The molecule has 0 unspecified atom stereocenters. The zero-order chi connectivity index (χ0) is 39.3. The van der Waals surface area contributed by atoms with Crippen molar-refractivity contribution in [2.24, 2.45) is 0 Å². The second-order valence-corrected chi connectivity index (χ2v) is 14.7. The zero-order valence-electron chi connectivity index (χ0n) is 29.1. The summed E-state index contributed by atoms with van der Waals surface area (Å²) in [5.41, 5.74) is -1.33. The maximum absolute atomic E-state index is 13.4. The van der Waals surface area contributed by atoms with Crippen LogP contribution in [0.1, 0.15) is 11.1 Å². The number of hydrogen-bond acceptors (Lipinski definition) is 10. The van der Waals surface area contributed by atoms with Crippen molar-refractivity contribution in [3.8, 4) is 11.3 Å². The van der Waals surface area contributed by atoms with Crippen molar-refractivity contribution in [2.75, 3.05) is 41.2 Å².